The second-order valence-corrected chi connectivity index (χ2v) is 5.07. The average Bonchev–Trinajstić information content (AvgIpc) is 2.88. The fourth-order valence-electron chi connectivity index (χ4n) is 2.14. The monoisotopic (exact) mass is 260 g/mol. The lowest BCUT2D eigenvalue weighted by Crippen LogP contribution is -2.51. The van der Waals surface area contributed by atoms with E-state index in [-0.39, 0.29) is 23.9 Å². The van der Waals surface area contributed by atoms with Crippen LogP contribution < -0.4 is 11.1 Å². The highest BCUT2D eigenvalue weighted by molar-refractivity contribution is 7.12. The standard InChI is InChI=1S/C11H16N2OS.ClH/c12-8-11(5-1-2-6-11)13-10(14)9-4-3-7-15-9;/h3-4,7H,1-2,5-6,8,12H2,(H,13,14);1H. The van der Waals surface area contributed by atoms with Gasteiger partial charge >= 0.3 is 0 Å². The van der Waals surface area contributed by atoms with Gasteiger partial charge in [0.1, 0.15) is 0 Å². The van der Waals surface area contributed by atoms with Crippen molar-refractivity contribution >= 4 is 29.7 Å². The Morgan fingerprint density at radius 1 is 1.50 bits per heavy atom. The summed E-state index contributed by atoms with van der Waals surface area (Å²) in [5.74, 6) is 0.0253. The highest BCUT2D eigenvalue weighted by atomic mass is 35.5. The van der Waals surface area contributed by atoms with Gasteiger partial charge in [0.25, 0.3) is 5.91 Å². The maximum absolute atomic E-state index is 11.9. The van der Waals surface area contributed by atoms with Crippen LogP contribution in [0.2, 0.25) is 0 Å². The van der Waals surface area contributed by atoms with Gasteiger partial charge in [-0.05, 0) is 24.3 Å². The van der Waals surface area contributed by atoms with Crippen molar-refractivity contribution in [2.45, 2.75) is 31.2 Å². The van der Waals surface area contributed by atoms with Gasteiger partial charge in [-0.25, -0.2) is 0 Å². The van der Waals surface area contributed by atoms with E-state index in [1.54, 1.807) is 0 Å². The number of amides is 1. The molecule has 1 heterocycles. The first-order valence-electron chi connectivity index (χ1n) is 5.32. The number of carbonyl (C=O) groups excluding carboxylic acids is 1. The first-order chi connectivity index (χ1) is 7.26. The Bertz CT molecular complexity index is 334. The van der Waals surface area contributed by atoms with Crippen LogP contribution >= 0.6 is 23.7 Å². The maximum Gasteiger partial charge on any atom is 0.261 e. The van der Waals surface area contributed by atoms with E-state index in [2.05, 4.69) is 5.32 Å². The van der Waals surface area contributed by atoms with Gasteiger partial charge in [-0.1, -0.05) is 18.9 Å². The van der Waals surface area contributed by atoms with Crippen LogP contribution in [0, 0.1) is 0 Å². The molecule has 1 aromatic heterocycles. The third-order valence-electron chi connectivity index (χ3n) is 3.08. The zero-order valence-corrected chi connectivity index (χ0v) is 10.7. The lowest BCUT2D eigenvalue weighted by atomic mass is 9.98. The molecule has 1 fully saturated rings. The summed E-state index contributed by atoms with van der Waals surface area (Å²) in [7, 11) is 0. The number of nitrogens with one attached hydrogen (secondary N) is 1. The van der Waals surface area contributed by atoms with E-state index >= 15 is 0 Å². The molecule has 0 aromatic carbocycles. The van der Waals surface area contributed by atoms with Crippen molar-refractivity contribution in [2.24, 2.45) is 5.73 Å². The van der Waals surface area contributed by atoms with Gasteiger partial charge in [-0.2, -0.15) is 0 Å². The summed E-state index contributed by atoms with van der Waals surface area (Å²) in [6, 6.07) is 3.74. The fourth-order valence-corrected chi connectivity index (χ4v) is 2.76. The molecule has 1 amide bonds. The first-order valence-corrected chi connectivity index (χ1v) is 6.20. The number of thiophene rings is 1. The molecule has 3 nitrogen and oxygen atoms in total. The van der Waals surface area contributed by atoms with Crippen LogP contribution in [-0.4, -0.2) is 18.0 Å². The van der Waals surface area contributed by atoms with E-state index in [0.717, 1.165) is 17.7 Å². The number of hydrogen-bond acceptors (Lipinski definition) is 3. The summed E-state index contributed by atoms with van der Waals surface area (Å²) >= 11 is 1.47. The number of carbonyl (C=O) groups is 1. The van der Waals surface area contributed by atoms with Crippen molar-refractivity contribution in [1.29, 1.82) is 0 Å². The van der Waals surface area contributed by atoms with Gasteiger partial charge in [0, 0.05) is 6.54 Å². The summed E-state index contributed by atoms with van der Waals surface area (Å²) in [5.41, 5.74) is 5.62. The molecule has 0 unspecified atom stereocenters. The lowest BCUT2D eigenvalue weighted by molar-refractivity contribution is 0.0907. The molecule has 1 aromatic rings. The molecule has 1 aliphatic carbocycles. The molecular formula is C11H17ClN2OS. The third kappa shape index (κ3) is 2.75. The van der Waals surface area contributed by atoms with Crippen LogP contribution in [0.25, 0.3) is 0 Å². The molecule has 1 saturated carbocycles. The van der Waals surface area contributed by atoms with Gasteiger partial charge in [0.05, 0.1) is 10.4 Å². The summed E-state index contributed by atoms with van der Waals surface area (Å²) < 4.78 is 0. The fraction of sp³-hybridized carbons (Fsp3) is 0.545. The molecule has 2 rings (SSSR count). The second kappa shape index (κ2) is 5.66. The van der Waals surface area contributed by atoms with Crippen LogP contribution in [0.1, 0.15) is 35.4 Å². The summed E-state index contributed by atoms with van der Waals surface area (Å²) in [4.78, 5) is 12.6. The minimum atomic E-state index is -0.138. The number of halogens is 1. The molecule has 0 radical (unpaired) electrons. The van der Waals surface area contributed by atoms with Gasteiger partial charge < -0.3 is 11.1 Å². The van der Waals surface area contributed by atoms with Crippen LogP contribution in [0.5, 0.6) is 0 Å². The van der Waals surface area contributed by atoms with Crippen LogP contribution in [0.4, 0.5) is 0 Å². The van der Waals surface area contributed by atoms with Gasteiger partial charge in [0.15, 0.2) is 0 Å². The Hall–Kier alpha value is -0.580. The smallest absolute Gasteiger partial charge is 0.261 e. The van der Waals surface area contributed by atoms with E-state index in [4.69, 9.17) is 5.73 Å². The van der Waals surface area contributed by atoms with Crippen molar-refractivity contribution in [3.05, 3.63) is 22.4 Å². The minimum absolute atomic E-state index is 0. The van der Waals surface area contributed by atoms with Crippen molar-refractivity contribution in [3.63, 3.8) is 0 Å². The molecule has 90 valence electrons. The highest BCUT2D eigenvalue weighted by Gasteiger charge is 2.34. The van der Waals surface area contributed by atoms with Gasteiger partial charge in [-0.15, -0.1) is 23.7 Å². The number of hydrogen-bond donors (Lipinski definition) is 2. The van der Waals surface area contributed by atoms with Gasteiger partial charge in [-0.3, -0.25) is 4.79 Å². The Kier molecular flexibility index (Phi) is 4.77. The largest absolute Gasteiger partial charge is 0.345 e. The molecule has 5 heteroatoms. The Balaban J connectivity index is 0.00000128. The predicted molar refractivity (Wildman–Crippen MR) is 69.3 cm³/mol. The van der Waals surface area contributed by atoms with Crippen LogP contribution in [0.15, 0.2) is 17.5 Å². The summed E-state index contributed by atoms with van der Waals surface area (Å²) in [6.45, 7) is 0.546. The third-order valence-corrected chi connectivity index (χ3v) is 3.94. The molecule has 0 atom stereocenters. The van der Waals surface area contributed by atoms with Crippen molar-refractivity contribution in [1.82, 2.24) is 5.32 Å². The molecular weight excluding hydrogens is 244 g/mol. The number of nitrogens with two attached hydrogens (primary N) is 1. The van der Waals surface area contributed by atoms with E-state index in [0.29, 0.717) is 6.54 Å². The minimum Gasteiger partial charge on any atom is -0.345 e. The molecule has 0 saturated heterocycles. The maximum atomic E-state index is 11.9. The normalized spacial score (nSPS) is 17.8. The van der Waals surface area contributed by atoms with E-state index < -0.39 is 0 Å². The van der Waals surface area contributed by atoms with E-state index in [1.807, 2.05) is 17.5 Å². The Morgan fingerprint density at radius 2 is 2.19 bits per heavy atom. The SMILES string of the molecule is Cl.NCC1(NC(=O)c2cccs2)CCCC1. The lowest BCUT2D eigenvalue weighted by Gasteiger charge is -2.28. The van der Waals surface area contributed by atoms with Crippen molar-refractivity contribution < 1.29 is 4.79 Å². The molecule has 0 bridgehead atoms. The average molecular weight is 261 g/mol. The Morgan fingerprint density at radius 3 is 2.69 bits per heavy atom. The zero-order chi connectivity index (χ0) is 10.7. The molecule has 1 aliphatic rings. The molecule has 3 N–H and O–H groups in total. The number of rotatable bonds is 3. The van der Waals surface area contributed by atoms with Gasteiger partial charge in [0.2, 0.25) is 0 Å². The van der Waals surface area contributed by atoms with Crippen molar-refractivity contribution in [2.75, 3.05) is 6.54 Å². The van der Waals surface area contributed by atoms with Crippen molar-refractivity contribution in [3.8, 4) is 0 Å². The van der Waals surface area contributed by atoms with Crippen LogP contribution in [-0.2, 0) is 0 Å². The van der Waals surface area contributed by atoms with E-state index in [9.17, 15) is 4.79 Å². The first kappa shape index (κ1) is 13.5. The second-order valence-electron chi connectivity index (χ2n) is 4.12. The highest BCUT2D eigenvalue weighted by Crippen LogP contribution is 2.29. The van der Waals surface area contributed by atoms with Crippen LogP contribution in [0.3, 0.4) is 0 Å². The zero-order valence-electron chi connectivity index (χ0n) is 9.07. The molecule has 0 spiro atoms. The Labute approximate surface area is 106 Å². The topological polar surface area (TPSA) is 55.1 Å². The van der Waals surface area contributed by atoms with E-state index in [1.165, 1.54) is 24.2 Å². The predicted octanol–water partition coefficient (Wildman–Crippen LogP) is 2.17. The quantitative estimate of drug-likeness (QED) is 0.875. The summed E-state index contributed by atoms with van der Waals surface area (Å²) in [6.07, 6.45) is 4.37. The summed E-state index contributed by atoms with van der Waals surface area (Å²) in [5, 5.41) is 5.01. The molecule has 16 heavy (non-hydrogen) atoms. The molecule has 0 aliphatic heterocycles.